The molecule has 2 atom stereocenters. The zero-order valence-electron chi connectivity index (χ0n) is 6.61. The minimum atomic E-state index is -1.07. The number of aldehydes is 1. The molecule has 0 unspecified atom stereocenters. The molecule has 0 aromatic rings. The smallest absolute Gasteiger partial charge is 0.163 e. The minimum absolute atomic E-state index is 0.271. The summed E-state index contributed by atoms with van der Waals surface area (Å²) in [6.45, 7) is 3.75. The topological polar surface area (TPSA) is 55.8 Å². The highest BCUT2D eigenvalue weighted by atomic mass is 16.7. The number of carbonyl (C=O) groups excluding carboxylic acids is 1. The first-order valence-corrected chi connectivity index (χ1v) is 3.50. The Hall–Kier alpha value is -0.450. The predicted molar refractivity (Wildman–Crippen MR) is 37.0 cm³/mol. The molecule has 0 radical (unpaired) electrons. The molecule has 64 valence electrons. The first-order chi connectivity index (χ1) is 5.05. The highest BCUT2D eigenvalue weighted by Gasteiger charge is 2.36. The molecule has 0 aromatic carbocycles. The lowest BCUT2D eigenvalue weighted by atomic mass is 10.2. The number of ether oxygens (including phenoxy) is 2. The summed E-state index contributed by atoms with van der Waals surface area (Å²) in [5, 5.41) is 9.02. The van der Waals surface area contributed by atoms with Gasteiger partial charge in [-0.1, -0.05) is 0 Å². The Morgan fingerprint density at radius 3 is 2.73 bits per heavy atom. The Bertz CT molecular complexity index is 155. The van der Waals surface area contributed by atoms with Crippen LogP contribution >= 0.6 is 0 Å². The van der Waals surface area contributed by atoms with Gasteiger partial charge in [0.25, 0.3) is 0 Å². The summed E-state index contributed by atoms with van der Waals surface area (Å²) in [5.74, 6) is -0.672. The number of hydrogen-bond donors (Lipinski definition) is 1. The normalized spacial score (nSPS) is 31.7. The van der Waals surface area contributed by atoms with Gasteiger partial charge in [-0.25, -0.2) is 0 Å². The second-order valence-electron chi connectivity index (χ2n) is 2.99. The van der Waals surface area contributed by atoms with Crippen molar-refractivity contribution in [2.24, 2.45) is 0 Å². The van der Waals surface area contributed by atoms with E-state index in [1.165, 1.54) is 0 Å². The van der Waals surface area contributed by atoms with Crippen molar-refractivity contribution in [3.05, 3.63) is 0 Å². The number of aliphatic hydroxyl groups excluding tert-OH is 1. The average molecular weight is 160 g/mol. The molecule has 0 aromatic heterocycles. The van der Waals surface area contributed by atoms with Crippen molar-refractivity contribution in [2.45, 2.75) is 31.8 Å². The Balaban J connectivity index is 2.47. The van der Waals surface area contributed by atoms with E-state index in [4.69, 9.17) is 14.6 Å². The Kier molecular flexibility index (Phi) is 2.27. The van der Waals surface area contributed by atoms with Gasteiger partial charge in [0.15, 0.2) is 12.1 Å². The van der Waals surface area contributed by atoms with Crippen molar-refractivity contribution in [1.29, 1.82) is 0 Å². The van der Waals surface area contributed by atoms with Crippen LogP contribution in [0.3, 0.4) is 0 Å². The van der Waals surface area contributed by atoms with E-state index >= 15 is 0 Å². The van der Waals surface area contributed by atoms with Gasteiger partial charge < -0.3 is 19.4 Å². The van der Waals surface area contributed by atoms with Crippen molar-refractivity contribution in [2.75, 3.05) is 6.61 Å². The van der Waals surface area contributed by atoms with Crippen LogP contribution in [0.15, 0.2) is 0 Å². The van der Waals surface area contributed by atoms with E-state index in [-0.39, 0.29) is 6.61 Å². The molecule has 1 rings (SSSR count). The van der Waals surface area contributed by atoms with Gasteiger partial charge >= 0.3 is 0 Å². The quantitative estimate of drug-likeness (QED) is 0.563. The molecular weight excluding hydrogens is 148 g/mol. The zero-order valence-corrected chi connectivity index (χ0v) is 6.61. The fourth-order valence-corrected chi connectivity index (χ4v) is 0.971. The summed E-state index contributed by atoms with van der Waals surface area (Å²) in [6.07, 6.45) is -1.13. The maximum atomic E-state index is 10.1. The van der Waals surface area contributed by atoms with Gasteiger partial charge in [0.05, 0.1) is 6.61 Å². The Morgan fingerprint density at radius 2 is 2.36 bits per heavy atom. The number of rotatable bonds is 2. The third kappa shape index (κ3) is 1.99. The van der Waals surface area contributed by atoms with Crippen LogP contribution in [0.1, 0.15) is 13.8 Å². The van der Waals surface area contributed by atoms with Gasteiger partial charge in [-0.3, -0.25) is 0 Å². The molecule has 11 heavy (non-hydrogen) atoms. The molecular formula is C7H12O4. The molecule has 0 aliphatic carbocycles. The van der Waals surface area contributed by atoms with Crippen molar-refractivity contribution < 1.29 is 19.4 Å². The largest absolute Gasteiger partial charge is 0.383 e. The molecule has 4 nitrogen and oxygen atoms in total. The van der Waals surface area contributed by atoms with Crippen molar-refractivity contribution in [3.8, 4) is 0 Å². The van der Waals surface area contributed by atoms with Crippen LogP contribution < -0.4 is 0 Å². The SMILES string of the molecule is CC1(C)OC[C@H]([C@@H](O)C=O)O1. The third-order valence-electron chi connectivity index (χ3n) is 1.55. The molecule has 0 spiro atoms. The fourth-order valence-electron chi connectivity index (χ4n) is 0.971. The van der Waals surface area contributed by atoms with Gasteiger partial charge in [-0.2, -0.15) is 0 Å². The molecule has 0 amide bonds. The maximum absolute atomic E-state index is 10.1. The minimum Gasteiger partial charge on any atom is -0.383 e. The van der Waals surface area contributed by atoms with E-state index in [9.17, 15) is 4.79 Å². The lowest BCUT2D eigenvalue weighted by Crippen LogP contribution is -2.31. The van der Waals surface area contributed by atoms with Gasteiger partial charge in [0.2, 0.25) is 0 Å². The van der Waals surface area contributed by atoms with E-state index in [2.05, 4.69) is 0 Å². The highest BCUT2D eigenvalue weighted by molar-refractivity contribution is 5.56. The van der Waals surface area contributed by atoms with Crippen LogP contribution in [0.2, 0.25) is 0 Å². The monoisotopic (exact) mass is 160 g/mol. The van der Waals surface area contributed by atoms with E-state index in [1.807, 2.05) is 0 Å². The van der Waals surface area contributed by atoms with E-state index in [0.29, 0.717) is 6.29 Å². The summed E-state index contributed by atoms with van der Waals surface area (Å²) in [7, 11) is 0. The lowest BCUT2D eigenvalue weighted by Gasteiger charge is -2.17. The summed E-state index contributed by atoms with van der Waals surface area (Å²) in [5.41, 5.74) is 0. The van der Waals surface area contributed by atoms with Crippen LogP contribution in [-0.2, 0) is 14.3 Å². The van der Waals surface area contributed by atoms with E-state index in [1.54, 1.807) is 13.8 Å². The summed E-state index contributed by atoms with van der Waals surface area (Å²) >= 11 is 0. The van der Waals surface area contributed by atoms with Gasteiger partial charge in [0, 0.05) is 0 Å². The fraction of sp³-hybridized carbons (Fsp3) is 0.857. The number of aliphatic hydroxyl groups is 1. The summed E-state index contributed by atoms with van der Waals surface area (Å²) in [4.78, 5) is 10.1. The lowest BCUT2D eigenvalue weighted by molar-refractivity contribution is -0.153. The molecule has 1 aliphatic heterocycles. The maximum Gasteiger partial charge on any atom is 0.163 e. The zero-order chi connectivity index (χ0) is 8.48. The van der Waals surface area contributed by atoms with Crippen LogP contribution in [-0.4, -0.2) is 36.0 Å². The molecule has 1 N–H and O–H groups in total. The number of hydrogen-bond acceptors (Lipinski definition) is 4. The van der Waals surface area contributed by atoms with Crippen LogP contribution in [0.25, 0.3) is 0 Å². The van der Waals surface area contributed by atoms with Crippen molar-refractivity contribution >= 4 is 6.29 Å². The Morgan fingerprint density at radius 1 is 1.73 bits per heavy atom. The van der Waals surface area contributed by atoms with E-state index in [0.717, 1.165) is 0 Å². The van der Waals surface area contributed by atoms with Gasteiger partial charge in [-0.15, -0.1) is 0 Å². The summed E-state index contributed by atoms with van der Waals surface area (Å²) in [6, 6.07) is 0. The van der Waals surface area contributed by atoms with Crippen LogP contribution in [0.4, 0.5) is 0 Å². The third-order valence-corrected chi connectivity index (χ3v) is 1.55. The van der Waals surface area contributed by atoms with Crippen molar-refractivity contribution in [3.63, 3.8) is 0 Å². The van der Waals surface area contributed by atoms with Gasteiger partial charge in [-0.05, 0) is 13.8 Å². The molecule has 1 heterocycles. The first-order valence-electron chi connectivity index (χ1n) is 3.50. The second kappa shape index (κ2) is 2.89. The number of carbonyl (C=O) groups is 1. The molecule has 4 heteroatoms. The molecule has 0 saturated carbocycles. The van der Waals surface area contributed by atoms with Crippen LogP contribution in [0.5, 0.6) is 0 Å². The molecule has 0 bridgehead atoms. The highest BCUT2D eigenvalue weighted by Crippen LogP contribution is 2.23. The van der Waals surface area contributed by atoms with Crippen LogP contribution in [0, 0.1) is 0 Å². The van der Waals surface area contributed by atoms with E-state index < -0.39 is 18.0 Å². The van der Waals surface area contributed by atoms with Crippen molar-refractivity contribution in [1.82, 2.24) is 0 Å². The average Bonchev–Trinajstić information content (AvgIpc) is 2.29. The first kappa shape index (κ1) is 8.64. The second-order valence-corrected chi connectivity index (χ2v) is 2.99. The predicted octanol–water partition coefficient (Wildman–Crippen LogP) is -0.302. The molecule has 1 aliphatic rings. The summed E-state index contributed by atoms with van der Waals surface area (Å²) < 4.78 is 10.3. The standard InChI is InChI=1S/C7H12O4/c1-7(2)10-4-6(11-7)5(9)3-8/h3,5-6,9H,4H2,1-2H3/t5-,6+/m0/s1. The molecule has 1 saturated heterocycles. The molecule has 1 fully saturated rings. The Labute approximate surface area is 65.1 Å². The van der Waals surface area contributed by atoms with Gasteiger partial charge in [0.1, 0.15) is 12.2 Å².